The van der Waals surface area contributed by atoms with Gasteiger partial charge in [-0.15, -0.1) is 0 Å². The SMILES string of the molecule is COC1=CCc2nccc(Oc3ncc(C)cc3Cl)c2C=C1OC. The van der Waals surface area contributed by atoms with Crippen LogP contribution < -0.4 is 4.74 Å². The highest BCUT2D eigenvalue weighted by Gasteiger charge is 2.18. The van der Waals surface area contributed by atoms with Gasteiger partial charge in [-0.3, -0.25) is 4.98 Å². The fourth-order valence-corrected chi connectivity index (χ4v) is 2.70. The number of rotatable bonds is 4. The lowest BCUT2D eigenvalue weighted by Gasteiger charge is -2.12. The van der Waals surface area contributed by atoms with Crippen LogP contribution in [0.3, 0.4) is 0 Å². The van der Waals surface area contributed by atoms with Crippen molar-refractivity contribution in [2.75, 3.05) is 14.2 Å². The van der Waals surface area contributed by atoms with Gasteiger partial charge in [-0.2, -0.15) is 0 Å². The Morgan fingerprint density at radius 1 is 1.12 bits per heavy atom. The zero-order chi connectivity index (χ0) is 17.1. The summed E-state index contributed by atoms with van der Waals surface area (Å²) in [7, 11) is 3.20. The molecule has 6 heteroatoms. The molecule has 0 radical (unpaired) electrons. The first kappa shape index (κ1) is 16.3. The molecular formula is C18H17ClN2O3. The first-order chi connectivity index (χ1) is 11.6. The second kappa shape index (κ2) is 6.93. The van der Waals surface area contributed by atoms with Crippen LogP contribution in [0.2, 0.25) is 5.02 Å². The molecule has 0 aromatic carbocycles. The van der Waals surface area contributed by atoms with Gasteiger partial charge in [0.25, 0.3) is 0 Å². The Hall–Kier alpha value is -2.53. The van der Waals surface area contributed by atoms with E-state index in [1.54, 1.807) is 32.7 Å². The number of hydrogen-bond donors (Lipinski definition) is 0. The van der Waals surface area contributed by atoms with Crippen molar-refractivity contribution in [3.8, 4) is 11.6 Å². The van der Waals surface area contributed by atoms with Gasteiger partial charge in [0, 0.05) is 24.4 Å². The Balaban J connectivity index is 2.04. The van der Waals surface area contributed by atoms with Crippen LogP contribution in [0.25, 0.3) is 6.08 Å². The molecule has 24 heavy (non-hydrogen) atoms. The smallest absolute Gasteiger partial charge is 0.238 e. The number of methoxy groups -OCH3 is 2. The average molecular weight is 345 g/mol. The minimum Gasteiger partial charge on any atom is -0.493 e. The van der Waals surface area contributed by atoms with Gasteiger partial charge in [0.05, 0.1) is 19.9 Å². The summed E-state index contributed by atoms with van der Waals surface area (Å²) in [6.45, 7) is 1.92. The Bertz CT molecular complexity index is 831. The highest BCUT2D eigenvalue weighted by molar-refractivity contribution is 6.31. The van der Waals surface area contributed by atoms with Crippen LogP contribution in [0, 0.1) is 6.92 Å². The molecule has 0 amide bonds. The van der Waals surface area contributed by atoms with Crippen molar-refractivity contribution in [3.05, 3.63) is 64.0 Å². The van der Waals surface area contributed by atoms with Gasteiger partial charge >= 0.3 is 0 Å². The predicted molar refractivity (Wildman–Crippen MR) is 92.1 cm³/mol. The Kier molecular flexibility index (Phi) is 4.71. The molecule has 124 valence electrons. The van der Waals surface area contributed by atoms with Crippen LogP contribution in [0.5, 0.6) is 11.6 Å². The van der Waals surface area contributed by atoms with Crippen molar-refractivity contribution in [3.63, 3.8) is 0 Å². The van der Waals surface area contributed by atoms with Gasteiger partial charge < -0.3 is 14.2 Å². The zero-order valence-corrected chi connectivity index (χ0v) is 14.4. The lowest BCUT2D eigenvalue weighted by atomic mass is 10.1. The zero-order valence-electron chi connectivity index (χ0n) is 13.7. The number of hydrogen-bond acceptors (Lipinski definition) is 5. The normalized spacial score (nSPS) is 13.3. The first-order valence-corrected chi connectivity index (χ1v) is 7.78. The minimum absolute atomic E-state index is 0.354. The van der Waals surface area contributed by atoms with Gasteiger partial charge in [0.1, 0.15) is 10.8 Å². The molecule has 0 fully saturated rings. The lowest BCUT2D eigenvalue weighted by molar-refractivity contribution is 0.222. The summed E-state index contributed by atoms with van der Waals surface area (Å²) >= 11 is 6.22. The van der Waals surface area contributed by atoms with Crippen molar-refractivity contribution < 1.29 is 14.2 Å². The average Bonchev–Trinajstić information content (AvgIpc) is 2.76. The van der Waals surface area contributed by atoms with E-state index in [0.717, 1.165) is 16.8 Å². The second-order valence-corrected chi connectivity index (χ2v) is 5.67. The maximum absolute atomic E-state index is 6.22. The fraction of sp³-hybridized carbons (Fsp3) is 0.222. The Morgan fingerprint density at radius 2 is 1.92 bits per heavy atom. The predicted octanol–water partition coefficient (Wildman–Crippen LogP) is 4.30. The summed E-state index contributed by atoms with van der Waals surface area (Å²) in [6, 6.07) is 3.59. The standard InChI is InChI=1S/C18H17ClN2O3/c1-11-8-13(19)18(21-10-11)24-15-6-7-20-14-4-5-16(22-2)17(23-3)9-12(14)15/h5-10H,4H2,1-3H3. The summed E-state index contributed by atoms with van der Waals surface area (Å²) in [5.74, 6) is 2.23. The molecule has 0 aliphatic heterocycles. The number of fused-ring (bicyclic) bond motifs is 1. The van der Waals surface area contributed by atoms with E-state index < -0.39 is 0 Å². The largest absolute Gasteiger partial charge is 0.493 e. The summed E-state index contributed by atoms with van der Waals surface area (Å²) < 4.78 is 16.7. The Labute approximate surface area is 145 Å². The van der Waals surface area contributed by atoms with Crippen LogP contribution in [0.1, 0.15) is 16.8 Å². The summed E-state index contributed by atoms with van der Waals surface area (Å²) in [6.07, 6.45) is 7.79. The van der Waals surface area contributed by atoms with E-state index >= 15 is 0 Å². The summed E-state index contributed by atoms with van der Waals surface area (Å²) in [4.78, 5) is 8.67. The number of allylic oxidation sites excluding steroid dienone is 1. The number of ether oxygens (including phenoxy) is 3. The van der Waals surface area contributed by atoms with Crippen LogP contribution in [-0.2, 0) is 15.9 Å². The van der Waals surface area contributed by atoms with Crippen LogP contribution in [-0.4, -0.2) is 24.2 Å². The fourth-order valence-electron chi connectivity index (χ4n) is 2.44. The molecule has 1 aliphatic carbocycles. The number of pyridine rings is 2. The molecule has 0 saturated carbocycles. The van der Waals surface area contributed by atoms with Crippen molar-refractivity contribution >= 4 is 17.7 Å². The van der Waals surface area contributed by atoms with Crippen molar-refractivity contribution in [2.45, 2.75) is 13.3 Å². The molecule has 5 nitrogen and oxygen atoms in total. The van der Waals surface area contributed by atoms with Gasteiger partial charge in [-0.05, 0) is 36.8 Å². The van der Waals surface area contributed by atoms with Crippen LogP contribution in [0.15, 0.2) is 42.1 Å². The van der Waals surface area contributed by atoms with Gasteiger partial charge in [0.15, 0.2) is 11.5 Å². The van der Waals surface area contributed by atoms with E-state index in [0.29, 0.717) is 34.6 Å². The van der Waals surface area contributed by atoms with E-state index in [9.17, 15) is 0 Å². The molecule has 0 N–H and O–H groups in total. The second-order valence-electron chi connectivity index (χ2n) is 5.26. The van der Waals surface area contributed by atoms with Crippen LogP contribution in [0.4, 0.5) is 0 Å². The quantitative estimate of drug-likeness (QED) is 0.827. The molecule has 0 spiro atoms. The van der Waals surface area contributed by atoms with Gasteiger partial charge in [-0.1, -0.05) is 11.6 Å². The van der Waals surface area contributed by atoms with E-state index in [-0.39, 0.29) is 0 Å². The maximum atomic E-state index is 6.22. The van der Waals surface area contributed by atoms with E-state index in [1.165, 1.54) is 0 Å². The number of aromatic nitrogens is 2. The molecule has 2 aromatic rings. The van der Waals surface area contributed by atoms with Crippen LogP contribution >= 0.6 is 11.6 Å². The third-order valence-electron chi connectivity index (χ3n) is 3.62. The number of halogens is 1. The molecule has 2 aromatic heterocycles. The molecular weight excluding hydrogens is 328 g/mol. The number of aryl methyl sites for hydroxylation is 1. The van der Waals surface area contributed by atoms with E-state index in [2.05, 4.69) is 9.97 Å². The lowest BCUT2D eigenvalue weighted by Crippen LogP contribution is -1.97. The van der Waals surface area contributed by atoms with E-state index in [1.807, 2.05) is 25.1 Å². The molecule has 1 aliphatic rings. The molecule has 0 atom stereocenters. The third kappa shape index (κ3) is 3.21. The first-order valence-electron chi connectivity index (χ1n) is 7.40. The molecule has 0 saturated heterocycles. The van der Waals surface area contributed by atoms with Gasteiger partial charge in [-0.25, -0.2) is 4.98 Å². The van der Waals surface area contributed by atoms with Crippen molar-refractivity contribution in [2.24, 2.45) is 0 Å². The topological polar surface area (TPSA) is 53.5 Å². The summed E-state index contributed by atoms with van der Waals surface area (Å²) in [5, 5.41) is 0.459. The molecule has 2 heterocycles. The van der Waals surface area contributed by atoms with Crippen molar-refractivity contribution in [1.82, 2.24) is 9.97 Å². The highest BCUT2D eigenvalue weighted by Crippen LogP contribution is 2.34. The van der Waals surface area contributed by atoms with Crippen molar-refractivity contribution in [1.29, 1.82) is 0 Å². The third-order valence-corrected chi connectivity index (χ3v) is 3.89. The van der Waals surface area contributed by atoms with E-state index in [4.69, 9.17) is 25.8 Å². The summed E-state index contributed by atoms with van der Waals surface area (Å²) in [5.41, 5.74) is 2.64. The minimum atomic E-state index is 0.354. The highest BCUT2D eigenvalue weighted by atomic mass is 35.5. The molecule has 3 rings (SSSR count). The molecule has 0 bridgehead atoms. The molecule has 0 unspecified atom stereocenters. The Morgan fingerprint density at radius 3 is 2.62 bits per heavy atom. The van der Waals surface area contributed by atoms with Gasteiger partial charge in [0.2, 0.25) is 5.88 Å². The monoisotopic (exact) mass is 344 g/mol. The number of nitrogens with zero attached hydrogens (tertiary/aromatic N) is 2. The maximum Gasteiger partial charge on any atom is 0.238 e.